The van der Waals surface area contributed by atoms with Crippen molar-refractivity contribution in [1.29, 1.82) is 0 Å². The van der Waals surface area contributed by atoms with Crippen LogP contribution in [0.15, 0.2) is 23.1 Å². The largest absolute Gasteiger partial charge is 0.493 e. The molecule has 0 spiro atoms. The third-order valence-electron chi connectivity index (χ3n) is 3.67. The van der Waals surface area contributed by atoms with Crippen LogP contribution in [0, 0.1) is 0 Å². The smallest absolute Gasteiger partial charge is 0.224 e. The van der Waals surface area contributed by atoms with Crippen molar-refractivity contribution in [3.8, 4) is 11.5 Å². The molecule has 0 radical (unpaired) electrons. The van der Waals surface area contributed by atoms with E-state index in [9.17, 15) is 9.59 Å². The molecule has 6 heteroatoms. The first-order chi connectivity index (χ1) is 11.1. The van der Waals surface area contributed by atoms with E-state index in [1.54, 1.807) is 12.1 Å². The number of hydrogen-bond acceptors (Lipinski definition) is 4. The molecule has 0 aliphatic rings. The summed E-state index contributed by atoms with van der Waals surface area (Å²) in [7, 11) is 3.05. The first-order valence-corrected chi connectivity index (χ1v) is 7.68. The van der Waals surface area contributed by atoms with Crippen LogP contribution in [0.5, 0.6) is 11.5 Å². The fourth-order valence-corrected chi connectivity index (χ4v) is 2.39. The number of aromatic amines is 1. The molecule has 0 aliphatic carbocycles. The number of aromatic nitrogens is 1. The summed E-state index contributed by atoms with van der Waals surface area (Å²) in [5.41, 5.74) is 0.617. The van der Waals surface area contributed by atoms with Gasteiger partial charge in [-0.05, 0) is 12.5 Å². The number of H-pyrrole nitrogens is 1. The van der Waals surface area contributed by atoms with Gasteiger partial charge in [0.25, 0.3) is 0 Å². The van der Waals surface area contributed by atoms with E-state index in [1.165, 1.54) is 20.4 Å². The minimum atomic E-state index is -0.247. The molecule has 0 bridgehead atoms. The lowest BCUT2D eigenvalue weighted by Crippen LogP contribution is -2.18. The summed E-state index contributed by atoms with van der Waals surface area (Å²) in [6.07, 6.45) is 4.79. The van der Waals surface area contributed by atoms with E-state index in [0.29, 0.717) is 28.8 Å². The van der Waals surface area contributed by atoms with E-state index in [1.807, 2.05) is 0 Å². The van der Waals surface area contributed by atoms with Crippen molar-refractivity contribution in [1.82, 2.24) is 4.98 Å². The summed E-state index contributed by atoms with van der Waals surface area (Å²) in [6.45, 7) is 2.08. The van der Waals surface area contributed by atoms with E-state index in [4.69, 9.17) is 9.47 Å². The second kappa shape index (κ2) is 7.67. The lowest BCUT2D eigenvalue weighted by atomic mass is 10.1. The number of hydrogen-bond donors (Lipinski definition) is 2. The molecule has 0 fully saturated rings. The van der Waals surface area contributed by atoms with Crippen molar-refractivity contribution in [2.45, 2.75) is 32.6 Å². The SMILES string of the molecule is CCCCCC(=O)Nc1c[nH]c2cc(OC)c(OC)cc2c1=O. The highest BCUT2D eigenvalue weighted by Crippen LogP contribution is 2.30. The first-order valence-electron chi connectivity index (χ1n) is 7.68. The molecule has 0 aliphatic heterocycles. The number of anilines is 1. The van der Waals surface area contributed by atoms with Crippen LogP contribution in [-0.4, -0.2) is 25.1 Å². The topological polar surface area (TPSA) is 80.4 Å². The number of pyridine rings is 1. The number of benzene rings is 1. The molecule has 6 nitrogen and oxygen atoms in total. The molecule has 0 saturated carbocycles. The summed E-state index contributed by atoms with van der Waals surface area (Å²) in [4.78, 5) is 27.4. The molecule has 124 valence electrons. The molecule has 2 rings (SSSR count). The van der Waals surface area contributed by atoms with Crippen molar-refractivity contribution in [2.24, 2.45) is 0 Å². The van der Waals surface area contributed by atoms with Gasteiger partial charge in [-0.15, -0.1) is 0 Å². The van der Waals surface area contributed by atoms with Crippen molar-refractivity contribution in [3.05, 3.63) is 28.6 Å². The van der Waals surface area contributed by atoms with E-state index in [0.717, 1.165) is 19.3 Å². The van der Waals surface area contributed by atoms with Crippen LogP contribution in [0.1, 0.15) is 32.6 Å². The van der Waals surface area contributed by atoms with Gasteiger partial charge in [0.15, 0.2) is 11.5 Å². The number of ether oxygens (including phenoxy) is 2. The molecule has 1 aromatic carbocycles. The maximum Gasteiger partial charge on any atom is 0.224 e. The summed E-state index contributed by atoms with van der Waals surface area (Å²) < 4.78 is 10.4. The van der Waals surface area contributed by atoms with Crippen molar-refractivity contribution in [2.75, 3.05) is 19.5 Å². The third kappa shape index (κ3) is 3.83. The Labute approximate surface area is 134 Å². The van der Waals surface area contributed by atoms with E-state index < -0.39 is 0 Å². The van der Waals surface area contributed by atoms with E-state index in [-0.39, 0.29) is 17.0 Å². The van der Waals surface area contributed by atoms with Crippen LogP contribution in [0.2, 0.25) is 0 Å². The Kier molecular flexibility index (Phi) is 5.62. The zero-order valence-electron chi connectivity index (χ0n) is 13.7. The summed E-state index contributed by atoms with van der Waals surface area (Å²) in [5, 5.41) is 3.11. The first kappa shape index (κ1) is 16.9. The molecule has 0 atom stereocenters. The fraction of sp³-hybridized carbons (Fsp3) is 0.412. The van der Waals surface area contributed by atoms with E-state index in [2.05, 4.69) is 17.2 Å². The van der Waals surface area contributed by atoms with Gasteiger partial charge in [-0.2, -0.15) is 0 Å². The normalized spacial score (nSPS) is 10.6. The Balaban J connectivity index is 2.31. The minimum Gasteiger partial charge on any atom is -0.493 e. The Morgan fingerprint density at radius 1 is 1.17 bits per heavy atom. The van der Waals surface area contributed by atoms with Gasteiger partial charge in [-0.25, -0.2) is 0 Å². The molecule has 2 N–H and O–H groups in total. The molecule has 23 heavy (non-hydrogen) atoms. The molecular weight excluding hydrogens is 296 g/mol. The second-order valence-corrected chi connectivity index (χ2v) is 5.29. The average molecular weight is 318 g/mol. The Morgan fingerprint density at radius 3 is 2.52 bits per heavy atom. The van der Waals surface area contributed by atoms with Gasteiger partial charge in [0, 0.05) is 18.7 Å². The number of amides is 1. The zero-order valence-corrected chi connectivity index (χ0v) is 13.7. The summed E-state index contributed by atoms with van der Waals surface area (Å²) >= 11 is 0. The molecular formula is C17H22N2O4. The Hall–Kier alpha value is -2.50. The highest BCUT2D eigenvalue weighted by atomic mass is 16.5. The number of carbonyl (C=O) groups excluding carboxylic acids is 1. The molecule has 1 heterocycles. The number of carbonyl (C=O) groups is 1. The monoisotopic (exact) mass is 318 g/mol. The quantitative estimate of drug-likeness (QED) is 0.769. The predicted octanol–water partition coefficient (Wildman–Crippen LogP) is 3.06. The number of rotatable bonds is 7. The average Bonchev–Trinajstić information content (AvgIpc) is 2.56. The van der Waals surface area contributed by atoms with Crippen molar-refractivity contribution in [3.63, 3.8) is 0 Å². The third-order valence-corrected chi connectivity index (χ3v) is 3.67. The standard InChI is InChI=1S/C17H22N2O4/c1-4-5-6-7-16(20)19-13-10-18-12-9-15(23-3)14(22-2)8-11(12)17(13)21/h8-10H,4-7H2,1-3H3,(H,18,21)(H,19,20). The number of methoxy groups -OCH3 is 2. The molecule has 0 unspecified atom stereocenters. The van der Waals surface area contributed by atoms with E-state index >= 15 is 0 Å². The number of unbranched alkanes of at least 4 members (excludes halogenated alkanes) is 2. The van der Waals surface area contributed by atoms with Gasteiger partial charge in [0.2, 0.25) is 11.3 Å². The predicted molar refractivity (Wildman–Crippen MR) is 90.4 cm³/mol. The number of nitrogens with one attached hydrogen (secondary N) is 2. The fourth-order valence-electron chi connectivity index (χ4n) is 2.39. The summed E-state index contributed by atoms with van der Waals surface area (Å²) in [5.74, 6) is 0.854. The van der Waals surface area contributed by atoms with Crippen LogP contribution in [0.4, 0.5) is 5.69 Å². The molecule has 2 aromatic rings. The highest BCUT2D eigenvalue weighted by Gasteiger charge is 2.12. The van der Waals surface area contributed by atoms with Gasteiger partial charge < -0.3 is 19.8 Å². The summed E-state index contributed by atoms with van der Waals surface area (Å²) in [6, 6.07) is 3.31. The lowest BCUT2D eigenvalue weighted by molar-refractivity contribution is -0.116. The lowest BCUT2D eigenvalue weighted by Gasteiger charge is -2.10. The van der Waals surface area contributed by atoms with Crippen molar-refractivity contribution < 1.29 is 14.3 Å². The van der Waals surface area contributed by atoms with Gasteiger partial charge in [-0.1, -0.05) is 19.8 Å². The Morgan fingerprint density at radius 2 is 1.87 bits per heavy atom. The van der Waals surface area contributed by atoms with Crippen LogP contribution in [-0.2, 0) is 4.79 Å². The highest BCUT2D eigenvalue weighted by molar-refractivity contribution is 5.93. The molecule has 0 saturated heterocycles. The molecule has 1 amide bonds. The van der Waals surface area contributed by atoms with Gasteiger partial charge in [0.05, 0.1) is 25.1 Å². The maximum atomic E-state index is 12.5. The Bertz CT molecular complexity index is 752. The van der Waals surface area contributed by atoms with Gasteiger partial charge in [0.1, 0.15) is 5.69 Å². The van der Waals surface area contributed by atoms with Gasteiger partial charge in [-0.3, -0.25) is 9.59 Å². The maximum absolute atomic E-state index is 12.5. The van der Waals surface area contributed by atoms with Crippen LogP contribution < -0.4 is 20.2 Å². The number of fused-ring (bicyclic) bond motifs is 1. The second-order valence-electron chi connectivity index (χ2n) is 5.29. The van der Waals surface area contributed by atoms with Gasteiger partial charge >= 0.3 is 0 Å². The zero-order chi connectivity index (χ0) is 16.8. The van der Waals surface area contributed by atoms with Crippen LogP contribution >= 0.6 is 0 Å². The minimum absolute atomic E-state index is 0.149. The van der Waals surface area contributed by atoms with Crippen LogP contribution in [0.3, 0.4) is 0 Å². The molecule has 1 aromatic heterocycles. The van der Waals surface area contributed by atoms with Crippen LogP contribution in [0.25, 0.3) is 10.9 Å². The van der Waals surface area contributed by atoms with Crippen molar-refractivity contribution >= 4 is 22.5 Å².